The first-order valence-electron chi connectivity index (χ1n) is 6.73. The van der Waals surface area contributed by atoms with Crippen LogP contribution in [0.2, 0.25) is 0 Å². The van der Waals surface area contributed by atoms with Crippen LogP contribution in [0.15, 0.2) is 18.2 Å². The van der Waals surface area contributed by atoms with Gasteiger partial charge in [0.25, 0.3) is 0 Å². The van der Waals surface area contributed by atoms with Crippen LogP contribution < -0.4 is 14.8 Å². The van der Waals surface area contributed by atoms with Gasteiger partial charge in [0.15, 0.2) is 11.6 Å². The zero-order chi connectivity index (χ0) is 14.1. The van der Waals surface area contributed by atoms with E-state index in [1.165, 1.54) is 12.1 Å². The minimum Gasteiger partial charge on any atom is -0.487 e. The third-order valence-electron chi connectivity index (χ3n) is 4.03. The fourth-order valence-corrected chi connectivity index (χ4v) is 3.14. The summed E-state index contributed by atoms with van der Waals surface area (Å²) in [6, 6.07) is 3.57. The van der Waals surface area contributed by atoms with Crippen molar-refractivity contribution in [1.82, 2.24) is 5.32 Å². The molecule has 3 nitrogen and oxygen atoms in total. The summed E-state index contributed by atoms with van der Waals surface area (Å²) in [6.45, 7) is -0.967. The lowest BCUT2D eigenvalue weighted by Crippen LogP contribution is -2.19. The van der Waals surface area contributed by atoms with Crippen LogP contribution in [0.1, 0.15) is 12.8 Å². The molecule has 2 aliphatic rings. The van der Waals surface area contributed by atoms with Crippen molar-refractivity contribution in [3.8, 4) is 11.5 Å². The topological polar surface area (TPSA) is 30.5 Å². The Labute approximate surface area is 115 Å². The van der Waals surface area contributed by atoms with Crippen molar-refractivity contribution in [3.05, 3.63) is 24.0 Å². The fraction of sp³-hybridized carbons (Fsp3) is 0.571. The summed E-state index contributed by atoms with van der Waals surface area (Å²) in [6.07, 6.45) is 1.82. The van der Waals surface area contributed by atoms with E-state index in [1.54, 1.807) is 0 Å². The van der Waals surface area contributed by atoms with Gasteiger partial charge < -0.3 is 14.8 Å². The van der Waals surface area contributed by atoms with E-state index in [4.69, 9.17) is 4.74 Å². The normalized spacial score (nSPS) is 28.7. The van der Waals surface area contributed by atoms with E-state index < -0.39 is 12.4 Å². The van der Waals surface area contributed by atoms with E-state index in [1.807, 2.05) is 0 Å². The summed E-state index contributed by atoms with van der Waals surface area (Å²) in [7, 11) is 0. The zero-order valence-corrected chi connectivity index (χ0v) is 10.8. The van der Waals surface area contributed by atoms with E-state index in [0.29, 0.717) is 11.8 Å². The van der Waals surface area contributed by atoms with Gasteiger partial charge in [-0.05, 0) is 49.9 Å². The van der Waals surface area contributed by atoms with Crippen LogP contribution in [0.25, 0.3) is 0 Å². The second kappa shape index (κ2) is 5.52. The average Bonchev–Trinajstić information content (AvgIpc) is 2.92. The maximum Gasteiger partial charge on any atom is 0.387 e. The molecule has 1 aliphatic carbocycles. The van der Waals surface area contributed by atoms with Crippen molar-refractivity contribution in [2.24, 2.45) is 11.8 Å². The van der Waals surface area contributed by atoms with Crippen molar-refractivity contribution in [2.45, 2.75) is 25.6 Å². The Morgan fingerprint density at radius 3 is 2.45 bits per heavy atom. The largest absolute Gasteiger partial charge is 0.487 e. The molecule has 0 radical (unpaired) electrons. The van der Waals surface area contributed by atoms with Gasteiger partial charge in [0.05, 0.1) is 6.10 Å². The highest BCUT2D eigenvalue weighted by atomic mass is 19.3. The molecule has 1 saturated heterocycles. The predicted molar refractivity (Wildman–Crippen MR) is 66.5 cm³/mol. The molecule has 0 amide bonds. The van der Waals surface area contributed by atoms with Crippen LogP contribution in [-0.4, -0.2) is 25.8 Å². The number of benzene rings is 1. The molecular weight excluding hydrogens is 271 g/mol. The SMILES string of the molecule is Fc1cc(OC(F)F)ccc1OC1CC2CNC[C@H]2C1. The van der Waals surface area contributed by atoms with Gasteiger partial charge in [-0.2, -0.15) is 8.78 Å². The molecule has 0 aromatic heterocycles. The molecule has 0 spiro atoms. The van der Waals surface area contributed by atoms with Gasteiger partial charge in [-0.25, -0.2) is 4.39 Å². The first-order valence-corrected chi connectivity index (χ1v) is 6.73. The Kier molecular flexibility index (Phi) is 3.74. The first-order chi connectivity index (χ1) is 9.61. The fourth-order valence-electron chi connectivity index (χ4n) is 3.14. The lowest BCUT2D eigenvalue weighted by Gasteiger charge is -2.16. The van der Waals surface area contributed by atoms with Gasteiger partial charge in [-0.3, -0.25) is 0 Å². The number of hydrogen-bond acceptors (Lipinski definition) is 3. The molecule has 20 heavy (non-hydrogen) atoms. The molecule has 1 N–H and O–H groups in total. The minimum atomic E-state index is -2.96. The summed E-state index contributed by atoms with van der Waals surface area (Å²) in [4.78, 5) is 0. The number of ether oxygens (including phenoxy) is 2. The summed E-state index contributed by atoms with van der Waals surface area (Å²) in [5.41, 5.74) is 0. The quantitative estimate of drug-likeness (QED) is 0.923. The summed E-state index contributed by atoms with van der Waals surface area (Å²) in [5, 5.41) is 3.33. The Morgan fingerprint density at radius 2 is 1.85 bits per heavy atom. The smallest absolute Gasteiger partial charge is 0.387 e. The van der Waals surface area contributed by atoms with Crippen molar-refractivity contribution in [1.29, 1.82) is 0 Å². The van der Waals surface area contributed by atoms with Crippen molar-refractivity contribution < 1.29 is 22.6 Å². The molecule has 1 heterocycles. The van der Waals surface area contributed by atoms with Gasteiger partial charge in [-0.1, -0.05) is 0 Å². The summed E-state index contributed by atoms with van der Waals surface area (Å²) in [5.74, 6) is 0.439. The molecule has 1 saturated carbocycles. The van der Waals surface area contributed by atoms with Gasteiger partial charge >= 0.3 is 6.61 Å². The lowest BCUT2D eigenvalue weighted by atomic mass is 10.0. The molecule has 1 aromatic rings. The molecular formula is C14H16F3NO2. The van der Waals surface area contributed by atoms with E-state index >= 15 is 0 Å². The molecule has 110 valence electrons. The molecule has 0 bridgehead atoms. The van der Waals surface area contributed by atoms with Crippen LogP contribution in [0.3, 0.4) is 0 Å². The molecule has 2 fully saturated rings. The van der Waals surface area contributed by atoms with Gasteiger partial charge in [-0.15, -0.1) is 0 Å². The highest BCUT2D eigenvalue weighted by molar-refractivity contribution is 5.33. The Bertz CT molecular complexity index is 471. The van der Waals surface area contributed by atoms with Crippen LogP contribution in [0.5, 0.6) is 11.5 Å². The van der Waals surface area contributed by atoms with Gasteiger partial charge in [0.2, 0.25) is 0 Å². The van der Waals surface area contributed by atoms with Gasteiger partial charge in [0.1, 0.15) is 5.75 Å². The summed E-state index contributed by atoms with van der Waals surface area (Å²) < 4.78 is 47.6. The number of nitrogens with one attached hydrogen (secondary N) is 1. The van der Waals surface area contributed by atoms with Crippen molar-refractivity contribution in [2.75, 3.05) is 13.1 Å². The monoisotopic (exact) mass is 287 g/mol. The number of halogens is 3. The van der Waals surface area contributed by atoms with Crippen LogP contribution >= 0.6 is 0 Å². The number of alkyl halides is 2. The van der Waals surface area contributed by atoms with E-state index in [-0.39, 0.29) is 17.6 Å². The highest BCUT2D eigenvalue weighted by Crippen LogP contribution is 2.37. The third-order valence-corrected chi connectivity index (χ3v) is 4.03. The minimum absolute atomic E-state index is 0.00321. The van der Waals surface area contributed by atoms with Crippen LogP contribution in [0.4, 0.5) is 13.2 Å². The predicted octanol–water partition coefficient (Wildman–Crippen LogP) is 2.80. The second-order valence-corrected chi connectivity index (χ2v) is 5.36. The third kappa shape index (κ3) is 2.85. The number of fused-ring (bicyclic) bond motifs is 1. The second-order valence-electron chi connectivity index (χ2n) is 5.36. The van der Waals surface area contributed by atoms with Crippen molar-refractivity contribution in [3.63, 3.8) is 0 Å². The van der Waals surface area contributed by atoms with Crippen molar-refractivity contribution >= 4 is 0 Å². The Hall–Kier alpha value is -1.43. The van der Waals surface area contributed by atoms with E-state index in [2.05, 4.69) is 10.1 Å². The van der Waals surface area contributed by atoms with E-state index in [9.17, 15) is 13.2 Å². The number of rotatable bonds is 4. The van der Waals surface area contributed by atoms with Crippen LogP contribution in [0, 0.1) is 17.7 Å². The maximum atomic E-state index is 13.8. The molecule has 1 aliphatic heterocycles. The Balaban J connectivity index is 1.63. The van der Waals surface area contributed by atoms with Gasteiger partial charge in [0, 0.05) is 6.07 Å². The highest BCUT2D eigenvalue weighted by Gasteiger charge is 2.38. The first kappa shape index (κ1) is 13.5. The number of hydrogen-bond donors (Lipinski definition) is 1. The standard InChI is InChI=1S/C14H16F3NO2/c15-12-5-10(20-14(16)17)1-2-13(12)19-11-3-8-6-18-7-9(8)4-11/h1-2,5,8-9,11,14,18H,3-4,6-7H2/t8-,9?,11?/m1/s1. The summed E-state index contributed by atoms with van der Waals surface area (Å²) >= 11 is 0. The maximum absolute atomic E-state index is 13.8. The van der Waals surface area contributed by atoms with Crippen LogP contribution in [-0.2, 0) is 0 Å². The molecule has 3 rings (SSSR count). The molecule has 6 heteroatoms. The lowest BCUT2D eigenvalue weighted by molar-refractivity contribution is -0.0500. The average molecular weight is 287 g/mol. The zero-order valence-electron chi connectivity index (χ0n) is 10.8. The molecule has 3 atom stereocenters. The Morgan fingerprint density at radius 1 is 1.15 bits per heavy atom. The molecule has 2 unspecified atom stereocenters. The van der Waals surface area contributed by atoms with E-state index in [0.717, 1.165) is 32.0 Å². The molecule has 1 aromatic carbocycles.